The lowest BCUT2D eigenvalue weighted by molar-refractivity contribution is 0.404. The van der Waals surface area contributed by atoms with Crippen molar-refractivity contribution in [1.29, 1.82) is 0 Å². The Kier molecular flexibility index (Phi) is 4.69. The number of benzene rings is 2. The molecule has 5 heteroatoms. The maximum absolute atomic E-state index is 13.1. The summed E-state index contributed by atoms with van der Waals surface area (Å²) < 4.78 is 23.6. The largest absolute Gasteiger partial charge is 0.495 e. The predicted molar refractivity (Wildman–Crippen MR) is 78.3 cm³/mol. The topological polar surface area (TPSA) is 30.5 Å². The number of hydrogen-bond acceptors (Lipinski definition) is 3. The van der Waals surface area contributed by atoms with Crippen molar-refractivity contribution in [2.45, 2.75) is 6.54 Å². The van der Waals surface area contributed by atoms with E-state index < -0.39 is 0 Å². The van der Waals surface area contributed by atoms with Crippen molar-refractivity contribution in [3.63, 3.8) is 0 Å². The highest BCUT2D eigenvalue weighted by Gasteiger charge is 2.09. The summed E-state index contributed by atoms with van der Waals surface area (Å²) >= 11 is 6.04. The van der Waals surface area contributed by atoms with Gasteiger partial charge in [0.2, 0.25) is 0 Å². The van der Waals surface area contributed by atoms with Crippen LogP contribution in [0.5, 0.6) is 11.5 Å². The molecule has 2 rings (SSSR count). The second kappa shape index (κ2) is 6.48. The molecule has 0 heterocycles. The number of ether oxygens (including phenoxy) is 2. The minimum atomic E-state index is -0.259. The highest BCUT2D eigenvalue weighted by atomic mass is 35.5. The summed E-state index contributed by atoms with van der Waals surface area (Å²) in [6.07, 6.45) is 0. The molecule has 0 radical (unpaired) electrons. The van der Waals surface area contributed by atoms with E-state index in [1.807, 2.05) is 6.07 Å². The summed E-state index contributed by atoms with van der Waals surface area (Å²) in [5, 5.41) is 3.65. The SMILES string of the molecule is COc1cc(NCc2cccc(F)c2)c(OC)cc1Cl. The van der Waals surface area contributed by atoms with Crippen molar-refractivity contribution in [1.82, 2.24) is 0 Å². The van der Waals surface area contributed by atoms with Crippen molar-refractivity contribution in [2.24, 2.45) is 0 Å². The zero-order chi connectivity index (χ0) is 14.5. The smallest absolute Gasteiger partial charge is 0.143 e. The first-order valence-corrected chi connectivity index (χ1v) is 6.41. The predicted octanol–water partition coefficient (Wildman–Crippen LogP) is 4.11. The molecule has 0 saturated heterocycles. The second-order valence-electron chi connectivity index (χ2n) is 4.17. The fourth-order valence-electron chi connectivity index (χ4n) is 1.84. The molecule has 0 aliphatic carbocycles. The maximum atomic E-state index is 13.1. The molecule has 0 spiro atoms. The van der Waals surface area contributed by atoms with Gasteiger partial charge < -0.3 is 14.8 Å². The van der Waals surface area contributed by atoms with E-state index in [4.69, 9.17) is 21.1 Å². The van der Waals surface area contributed by atoms with E-state index in [1.54, 1.807) is 32.4 Å². The Morgan fingerprint density at radius 3 is 2.50 bits per heavy atom. The Morgan fingerprint density at radius 1 is 1.10 bits per heavy atom. The number of nitrogens with one attached hydrogen (secondary N) is 1. The molecule has 0 aliphatic heterocycles. The van der Waals surface area contributed by atoms with Crippen molar-refractivity contribution in [2.75, 3.05) is 19.5 Å². The van der Waals surface area contributed by atoms with Gasteiger partial charge in [-0.05, 0) is 17.7 Å². The van der Waals surface area contributed by atoms with Crippen molar-refractivity contribution >= 4 is 17.3 Å². The van der Waals surface area contributed by atoms with Crippen LogP contribution in [0.2, 0.25) is 5.02 Å². The average molecular weight is 296 g/mol. The summed E-state index contributed by atoms with van der Waals surface area (Å²) in [5.41, 5.74) is 1.57. The van der Waals surface area contributed by atoms with E-state index in [1.165, 1.54) is 12.1 Å². The maximum Gasteiger partial charge on any atom is 0.143 e. The third kappa shape index (κ3) is 3.33. The van der Waals surface area contributed by atoms with Gasteiger partial charge in [0.25, 0.3) is 0 Å². The third-order valence-electron chi connectivity index (χ3n) is 2.85. The Hall–Kier alpha value is -1.94. The van der Waals surface area contributed by atoms with Crippen LogP contribution in [0, 0.1) is 5.82 Å². The van der Waals surface area contributed by atoms with Crippen LogP contribution in [0.3, 0.4) is 0 Å². The fourth-order valence-corrected chi connectivity index (χ4v) is 2.07. The molecule has 106 valence electrons. The summed E-state index contributed by atoms with van der Waals surface area (Å²) in [6, 6.07) is 9.83. The summed E-state index contributed by atoms with van der Waals surface area (Å²) in [6.45, 7) is 0.471. The van der Waals surface area contributed by atoms with Crippen LogP contribution in [0.25, 0.3) is 0 Å². The first-order chi connectivity index (χ1) is 9.63. The van der Waals surface area contributed by atoms with E-state index in [9.17, 15) is 4.39 Å². The van der Waals surface area contributed by atoms with Gasteiger partial charge in [-0.25, -0.2) is 4.39 Å². The molecule has 0 saturated carbocycles. The summed E-state index contributed by atoms with van der Waals surface area (Å²) in [4.78, 5) is 0. The number of methoxy groups -OCH3 is 2. The van der Waals surface area contributed by atoms with Gasteiger partial charge in [-0.2, -0.15) is 0 Å². The van der Waals surface area contributed by atoms with Crippen LogP contribution in [-0.4, -0.2) is 14.2 Å². The van der Waals surface area contributed by atoms with Gasteiger partial charge in [0.15, 0.2) is 0 Å². The van der Waals surface area contributed by atoms with Crippen molar-refractivity contribution < 1.29 is 13.9 Å². The lowest BCUT2D eigenvalue weighted by Gasteiger charge is -2.14. The van der Waals surface area contributed by atoms with Crippen LogP contribution in [0.4, 0.5) is 10.1 Å². The first kappa shape index (κ1) is 14.5. The third-order valence-corrected chi connectivity index (χ3v) is 3.14. The monoisotopic (exact) mass is 295 g/mol. The first-order valence-electron chi connectivity index (χ1n) is 6.04. The number of halogens is 2. The van der Waals surface area contributed by atoms with Crippen molar-refractivity contribution in [3.05, 3.63) is 52.8 Å². The molecule has 20 heavy (non-hydrogen) atoms. The molecule has 0 atom stereocenters. The molecule has 2 aromatic rings. The van der Waals surface area contributed by atoms with Gasteiger partial charge in [0.05, 0.1) is 24.9 Å². The van der Waals surface area contributed by atoms with Crippen LogP contribution in [0.1, 0.15) is 5.56 Å². The van der Waals surface area contributed by atoms with E-state index >= 15 is 0 Å². The molecule has 2 aromatic carbocycles. The molecule has 0 aliphatic rings. The zero-order valence-corrected chi connectivity index (χ0v) is 12.0. The number of hydrogen-bond donors (Lipinski definition) is 1. The van der Waals surface area contributed by atoms with Crippen molar-refractivity contribution in [3.8, 4) is 11.5 Å². The van der Waals surface area contributed by atoms with E-state index in [-0.39, 0.29) is 5.82 Å². The van der Waals surface area contributed by atoms with Crippen LogP contribution < -0.4 is 14.8 Å². The van der Waals surface area contributed by atoms with Crippen LogP contribution in [0.15, 0.2) is 36.4 Å². The Bertz CT molecular complexity index is 604. The molecule has 0 aromatic heterocycles. The van der Waals surface area contributed by atoms with Gasteiger partial charge in [-0.1, -0.05) is 23.7 Å². The van der Waals surface area contributed by atoms with Gasteiger partial charge in [0.1, 0.15) is 17.3 Å². The minimum absolute atomic E-state index is 0.259. The Balaban J connectivity index is 2.20. The molecular weight excluding hydrogens is 281 g/mol. The van der Waals surface area contributed by atoms with Crippen LogP contribution >= 0.6 is 11.6 Å². The van der Waals surface area contributed by atoms with Gasteiger partial charge in [-0.15, -0.1) is 0 Å². The molecule has 1 N–H and O–H groups in total. The Labute approximate surface area is 122 Å². The van der Waals surface area contributed by atoms with Gasteiger partial charge >= 0.3 is 0 Å². The highest BCUT2D eigenvalue weighted by molar-refractivity contribution is 6.32. The molecule has 0 bridgehead atoms. The molecule has 0 amide bonds. The summed E-state index contributed by atoms with van der Waals surface area (Å²) in [5.74, 6) is 0.895. The minimum Gasteiger partial charge on any atom is -0.495 e. The van der Waals surface area contributed by atoms with E-state index in [0.29, 0.717) is 23.1 Å². The zero-order valence-electron chi connectivity index (χ0n) is 11.2. The molecule has 3 nitrogen and oxygen atoms in total. The second-order valence-corrected chi connectivity index (χ2v) is 4.58. The number of anilines is 1. The molecule has 0 unspecified atom stereocenters. The van der Waals surface area contributed by atoms with Gasteiger partial charge in [-0.3, -0.25) is 0 Å². The summed E-state index contributed by atoms with van der Waals surface area (Å²) in [7, 11) is 3.11. The lowest BCUT2D eigenvalue weighted by atomic mass is 10.2. The van der Waals surface area contributed by atoms with E-state index in [2.05, 4.69) is 5.32 Å². The standard InChI is InChI=1S/C15H15ClFNO2/c1-19-14-8-13(15(20-2)7-12(14)16)18-9-10-4-3-5-11(17)6-10/h3-8,18H,9H2,1-2H3. The molecular formula is C15H15ClFNO2. The average Bonchev–Trinajstić information content (AvgIpc) is 2.45. The fraction of sp³-hybridized carbons (Fsp3) is 0.200. The van der Waals surface area contributed by atoms with Gasteiger partial charge in [0, 0.05) is 18.7 Å². The Morgan fingerprint density at radius 2 is 1.85 bits per heavy atom. The van der Waals surface area contributed by atoms with Crippen LogP contribution in [-0.2, 0) is 6.54 Å². The highest BCUT2D eigenvalue weighted by Crippen LogP contribution is 2.36. The lowest BCUT2D eigenvalue weighted by Crippen LogP contribution is -2.02. The van der Waals surface area contributed by atoms with E-state index in [0.717, 1.165) is 11.3 Å². The quantitative estimate of drug-likeness (QED) is 0.900. The normalized spacial score (nSPS) is 10.2. The number of rotatable bonds is 5. The molecule has 0 fully saturated rings.